The number of carbonyl (C=O) groups is 2. The maximum atomic E-state index is 13.1. The van der Waals surface area contributed by atoms with E-state index < -0.39 is 17.7 Å². The van der Waals surface area contributed by atoms with E-state index >= 15 is 0 Å². The van der Waals surface area contributed by atoms with Crippen LogP contribution in [0.5, 0.6) is 11.5 Å². The molecule has 7 nitrogen and oxygen atoms in total. The van der Waals surface area contributed by atoms with Crippen molar-refractivity contribution in [3.05, 3.63) is 64.2 Å². The van der Waals surface area contributed by atoms with Crippen molar-refractivity contribution in [2.24, 2.45) is 0 Å². The average molecular weight is 502 g/mol. The average Bonchev–Trinajstić information content (AvgIpc) is 3.10. The van der Waals surface area contributed by atoms with Crippen molar-refractivity contribution in [3.63, 3.8) is 0 Å². The van der Waals surface area contributed by atoms with Gasteiger partial charge < -0.3 is 24.2 Å². The highest BCUT2D eigenvalue weighted by molar-refractivity contribution is 6.46. The van der Waals surface area contributed by atoms with Crippen molar-refractivity contribution < 1.29 is 28.9 Å². The number of hydrogen-bond acceptors (Lipinski definition) is 6. The van der Waals surface area contributed by atoms with Crippen LogP contribution in [0.15, 0.2) is 48.0 Å². The van der Waals surface area contributed by atoms with Gasteiger partial charge >= 0.3 is 0 Å². The highest BCUT2D eigenvalue weighted by Gasteiger charge is 2.46. The van der Waals surface area contributed by atoms with Crippen LogP contribution in [-0.2, 0) is 14.3 Å². The fourth-order valence-electron chi connectivity index (χ4n) is 4.01. The molecular formula is C27H32ClNO6. The number of hydrogen-bond donors (Lipinski definition) is 1. The van der Waals surface area contributed by atoms with E-state index in [1.807, 2.05) is 6.92 Å². The van der Waals surface area contributed by atoms with Gasteiger partial charge in [0.2, 0.25) is 0 Å². The van der Waals surface area contributed by atoms with Crippen LogP contribution < -0.4 is 9.47 Å². The first kappa shape index (κ1) is 26.6. The molecular weight excluding hydrogens is 470 g/mol. The first-order chi connectivity index (χ1) is 16.9. The van der Waals surface area contributed by atoms with Crippen molar-refractivity contribution in [3.8, 4) is 11.5 Å². The Labute approximate surface area is 211 Å². The maximum absolute atomic E-state index is 13.1. The third-order valence-electron chi connectivity index (χ3n) is 5.74. The number of carbonyl (C=O) groups excluding carboxylic acids is 2. The Morgan fingerprint density at radius 2 is 1.74 bits per heavy atom. The zero-order chi connectivity index (χ0) is 25.4. The second kappa shape index (κ2) is 12.6. The van der Waals surface area contributed by atoms with E-state index in [9.17, 15) is 14.7 Å². The van der Waals surface area contributed by atoms with Gasteiger partial charge in [-0.05, 0) is 61.7 Å². The minimum absolute atomic E-state index is 0.0249. The lowest BCUT2D eigenvalue weighted by molar-refractivity contribution is -0.140. The van der Waals surface area contributed by atoms with Gasteiger partial charge in [-0.25, -0.2) is 0 Å². The molecule has 0 spiro atoms. The van der Waals surface area contributed by atoms with Gasteiger partial charge in [-0.3, -0.25) is 9.59 Å². The molecule has 0 bridgehead atoms. The second-order valence-electron chi connectivity index (χ2n) is 8.19. The zero-order valence-corrected chi connectivity index (χ0v) is 21.1. The minimum Gasteiger partial charge on any atom is -0.507 e. The number of methoxy groups -OCH3 is 1. The summed E-state index contributed by atoms with van der Waals surface area (Å²) >= 11 is 5.99. The molecule has 1 heterocycles. The summed E-state index contributed by atoms with van der Waals surface area (Å²) in [7, 11) is 1.58. The molecule has 2 aromatic rings. The SMILES string of the molecule is CCCCOc1ccc(C2C(=C(O)c3ccc(Cl)cc3)C(=O)C(=O)N2CCCOC)cc1OCC. The molecule has 1 unspecified atom stereocenters. The van der Waals surface area contributed by atoms with Crippen molar-refractivity contribution in [1.29, 1.82) is 0 Å². The summed E-state index contributed by atoms with van der Waals surface area (Å²) in [5.74, 6) is -0.530. The Morgan fingerprint density at radius 3 is 2.40 bits per heavy atom. The zero-order valence-electron chi connectivity index (χ0n) is 20.4. The molecule has 1 amide bonds. The molecule has 2 aromatic carbocycles. The number of halogens is 1. The van der Waals surface area contributed by atoms with Crippen molar-refractivity contribution in [1.82, 2.24) is 4.90 Å². The Hall–Kier alpha value is -3.03. The van der Waals surface area contributed by atoms with Crippen LogP contribution in [-0.4, -0.2) is 55.2 Å². The number of aliphatic hydroxyl groups is 1. The molecule has 35 heavy (non-hydrogen) atoms. The normalized spacial score (nSPS) is 17.1. The second-order valence-corrected chi connectivity index (χ2v) is 8.62. The lowest BCUT2D eigenvalue weighted by Gasteiger charge is -2.26. The van der Waals surface area contributed by atoms with Crippen LogP contribution >= 0.6 is 11.6 Å². The smallest absolute Gasteiger partial charge is 0.295 e. The third-order valence-corrected chi connectivity index (χ3v) is 6.00. The van der Waals surface area contributed by atoms with E-state index in [0.29, 0.717) is 60.4 Å². The number of amides is 1. The molecule has 1 aliphatic heterocycles. The number of rotatable bonds is 12. The van der Waals surface area contributed by atoms with Gasteiger partial charge in [0.15, 0.2) is 11.5 Å². The van der Waals surface area contributed by atoms with Crippen LogP contribution in [0.3, 0.4) is 0 Å². The van der Waals surface area contributed by atoms with Gasteiger partial charge in [0, 0.05) is 30.8 Å². The molecule has 1 N–H and O–H groups in total. The molecule has 0 saturated carbocycles. The first-order valence-corrected chi connectivity index (χ1v) is 12.2. The number of ether oxygens (including phenoxy) is 3. The maximum Gasteiger partial charge on any atom is 0.295 e. The standard InChI is InChI=1S/C27H32ClNO6/c1-4-6-16-35-21-13-10-19(17-22(21)34-5-2)24-23(25(30)18-8-11-20(28)12-9-18)26(31)27(32)29(24)14-7-15-33-3/h8-13,17,24,30H,4-7,14-16H2,1-3H3. The van der Waals surface area contributed by atoms with E-state index in [4.69, 9.17) is 25.8 Å². The highest BCUT2D eigenvalue weighted by Crippen LogP contribution is 2.42. The third kappa shape index (κ3) is 6.16. The predicted molar refractivity (Wildman–Crippen MR) is 135 cm³/mol. The summed E-state index contributed by atoms with van der Waals surface area (Å²) in [4.78, 5) is 27.7. The number of nitrogens with zero attached hydrogens (tertiary/aromatic N) is 1. The summed E-state index contributed by atoms with van der Waals surface area (Å²) in [6.07, 6.45) is 2.45. The van der Waals surface area contributed by atoms with Crippen LogP contribution in [0.4, 0.5) is 0 Å². The molecule has 0 aliphatic carbocycles. The number of unbranched alkanes of at least 4 members (excludes halogenated alkanes) is 1. The topological polar surface area (TPSA) is 85.3 Å². The van der Waals surface area contributed by atoms with E-state index in [1.165, 1.54) is 4.90 Å². The van der Waals surface area contributed by atoms with Crippen LogP contribution in [0, 0.1) is 0 Å². The molecule has 188 valence electrons. The highest BCUT2D eigenvalue weighted by atomic mass is 35.5. The van der Waals surface area contributed by atoms with E-state index in [0.717, 1.165) is 12.8 Å². The molecule has 1 fully saturated rings. The summed E-state index contributed by atoms with van der Waals surface area (Å²) in [6.45, 7) is 5.66. The van der Waals surface area contributed by atoms with Crippen molar-refractivity contribution in [2.45, 2.75) is 39.2 Å². The molecule has 0 radical (unpaired) electrons. The van der Waals surface area contributed by atoms with Gasteiger partial charge in [-0.15, -0.1) is 0 Å². The van der Waals surface area contributed by atoms with Gasteiger partial charge in [0.05, 0.1) is 24.8 Å². The number of ketones is 1. The molecule has 3 rings (SSSR count). The summed E-state index contributed by atoms with van der Waals surface area (Å²) in [5, 5.41) is 11.6. The van der Waals surface area contributed by atoms with Crippen LogP contribution in [0.1, 0.15) is 50.3 Å². The first-order valence-electron chi connectivity index (χ1n) is 11.9. The summed E-state index contributed by atoms with van der Waals surface area (Å²) in [6, 6.07) is 11.1. The number of likely N-dealkylation sites (tertiary alicyclic amines) is 1. The van der Waals surface area contributed by atoms with Gasteiger partial charge in [-0.1, -0.05) is 31.0 Å². The molecule has 0 aromatic heterocycles. The van der Waals surface area contributed by atoms with Gasteiger partial charge in [-0.2, -0.15) is 0 Å². The summed E-state index contributed by atoms with van der Waals surface area (Å²) < 4.78 is 16.9. The Morgan fingerprint density at radius 1 is 1.00 bits per heavy atom. The summed E-state index contributed by atoms with van der Waals surface area (Å²) in [5.41, 5.74) is 1.07. The van der Waals surface area contributed by atoms with Crippen molar-refractivity contribution in [2.75, 3.05) is 33.5 Å². The number of aliphatic hydroxyl groups excluding tert-OH is 1. The Balaban J connectivity index is 2.10. The Bertz CT molecular complexity index is 1070. The predicted octanol–water partition coefficient (Wildman–Crippen LogP) is 5.38. The van der Waals surface area contributed by atoms with Crippen LogP contribution in [0.2, 0.25) is 5.02 Å². The van der Waals surface area contributed by atoms with Gasteiger partial charge in [0.1, 0.15) is 5.76 Å². The molecule has 1 aliphatic rings. The van der Waals surface area contributed by atoms with E-state index in [2.05, 4.69) is 6.92 Å². The monoisotopic (exact) mass is 501 g/mol. The number of Topliss-reactive ketones (excluding diaryl/α,β-unsaturated/α-hetero) is 1. The van der Waals surface area contributed by atoms with E-state index in [1.54, 1.807) is 49.6 Å². The fraction of sp³-hybridized carbons (Fsp3) is 0.407. The largest absolute Gasteiger partial charge is 0.507 e. The lowest BCUT2D eigenvalue weighted by Crippen LogP contribution is -2.31. The molecule has 8 heteroatoms. The fourth-order valence-corrected chi connectivity index (χ4v) is 4.13. The Kier molecular flexibility index (Phi) is 9.57. The quantitative estimate of drug-likeness (QED) is 0.182. The molecule has 1 saturated heterocycles. The number of benzene rings is 2. The van der Waals surface area contributed by atoms with Crippen molar-refractivity contribution >= 4 is 29.1 Å². The minimum atomic E-state index is -0.786. The van der Waals surface area contributed by atoms with Crippen LogP contribution in [0.25, 0.3) is 5.76 Å². The molecule has 1 atom stereocenters. The van der Waals surface area contributed by atoms with Gasteiger partial charge in [0.25, 0.3) is 11.7 Å². The lowest BCUT2D eigenvalue weighted by atomic mass is 9.95. The van der Waals surface area contributed by atoms with E-state index in [-0.39, 0.29) is 11.3 Å².